The Balaban J connectivity index is 1.31. The van der Waals surface area contributed by atoms with E-state index in [1.54, 1.807) is 0 Å². The molecule has 2 aromatic carbocycles. The molecule has 0 fully saturated rings. The number of carbonyl (C=O) groups is 2. The number of nitrogens with one attached hydrogen (secondary N) is 2. The number of hydrogen-bond acceptors (Lipinski definition) is 4. The molecule has 0 unspecified atom stereocenters. The van der Waals surface area contributed by atoms with Crippen molar-refractivity contribution in [1.82, 2.24) is 10.9 Å². The highest BCUT2D eigenvalue weighted by Gasteiger charge is 2.19. The van der Waals surface area contributed by atoms with Crippen molar-refractivity contribution in [1.29, 1.82) is 0 Å². The number of rotatable bonds is 4. The van der Waals surface area contributed by atoms with Crippen molar-refractivity contribution in [2.75, 3.05) is 0 Å². The number of aryl methyl sites for hydroxylation is 2. The van der Waals surface area contributed by atoms with Crippen LogP contribution in [0.3, 0.4) is 0 Å². The summed E-state index contributed by atoms with van der Waals surface area (Å²) in [7, 11) is 0. The lowest BCUT2D eigenvalue weighted by molar-refractivity contribution is -0.129. The summed E-state index contributed by atoms with van der Waals surface area (Å²) in [6.45, 7) is 0. The maximum absolute atomic E-state index is 12.0. The first kappa shape index (κ1) is 17.1. The number of amides is 2. The first-order valence-electron chi connectivity index (χ1n) is 9.08. The van der Waals surface area contributed by atoms with E-state index in [1.165, 1.54) is 11.1 Å². The van der Waals surface area contributed by atoms with Gasteiger partial charge in [-0.2, -0.15) is 10.2 Å². The van der Waals surface area contributed by atoms with Crippen LogP contribution in [-0.2, 0) is 22.4 Å². The lowest BCUT2D eigenvalue weighted by Gasteiger charge is -2.03. The third-order valence-corrected chi connectivity index (χ3v) is 4.87. The third kappa shape index (κ3) is 3.79. The molecule has 0 aromatic heterocycles. The number of nitrogens with zero attached hydrogens (tertiary/aromatic N) is 2. The summed E-state index contributed by atoms with van der Waals surface area (Å²) >= 11 is 0. The van der Waals surface area contributed by atoms with Crippen LogP contribution < -0.4 is 10.9 Å². The van der Waals surface area contributed by atoms with Crippen molar-refractivity contribution in [2.24, 2.45) is 10.2 Å². The molecule has 2 N–H and O–H groups in total. The molecule has 27 heavy (non-hydrogen) atoms. The van der Waals surface area contributed by atoms with E-state index in [0.717, 1.165) is 48.2 Å². The van der Waals surface area contributed by atoms with E-state index in [1.807, 2.05) is 36.4 Å². The standard InChI is InChI=1S/C21H20N4O2/c26-20(24-22-18-11-9-14-5-1-3-7-16(14)18)13-21(27)25-23-19-12-10-15-6-2-4-8-17(15)19/h1-8H,9-13H2,(H,24,26)(H,25,27)/b22-18+,23-19+. The molecule has 2 aromatic rings. The van der Waals surface area contributed by atoms with Gasteiger partial charge >= 0.3 is 0 Å². The molecule has 2 amide bonds. The molecular weight excluding hydrogens is 340 g/mol. The Morgan fingerprint density at radius 1 is 0.704 bits per heavy atom. The second kappa shape index (κ2) is 7.53. The number of hydrazone groups is 2. The molecule has 136 valence electrons. The zero-order valence-electron chi connectivity index (χ0n) is 14.9. The van der Waals surface area contributed by atoms with Gasteiger partial charge in [-0.1, -0.05) is 48.5 Å². The Bertz CT molecular complexity index is 885. The van der Waals surface area contributed by atoms with Crippen molar-refractivity contribution in [3.8, 4) is 0 Å². The van der Waals surface area contributed by atoms with E-state index >= 15 is 0 Å². The fraction of sp³-hybridized carbons (Fsp3) is 0.238. The van der Waals surface area contributed by atoms with Gasteiger partial charge in [-0.05, 0) is 36.8 Å². The van der Waals surface area contributed by atoms with Crippen LogP contribution in [0.25, 0.3) is 0 Å². The Kier molecular flexibility index (Phi) is 4.78. The van der Waals surface area contributed by atoms with Gasteiger partial charge in [0.1, 0.15) is 6.42 Å². The van der Waals surface area contributed by atoms with Gasteiger partial charge in [0.05, 0.1) is 11.4 Å². The highest BCUT2D eigenvalue weighted by Crippen LogP contribution is 2.22. The van der Waals surface area contributed by atoms with Gasteiger partial charge in [-0.25, -0.2) is 10.9 Å². The fourth-order valence-corrected chi connectivity index (χ4v) is 3.53. The molecule has 0 radical (unpaired) electrons. The van der Waals surface area contributed by atoms with E-state index in [2.05, 4.69) is 33.2 Å². The maximum Gasteiger partial charge on any atom is 0.249 e. The minimum atomic E-state index is -0.448. The highest BCUT2D eigenvalue weighted by atomic mass is 16.2. The summed E-state index contributed by atoms with van der Waals surface area (Å²) in [5, 5.41) is 8.37. The second-order valence-electron chi connectivity index (χ2n) is 6.68. The molecule has 2 aliphatic carbocycles. The van der Waals surface area contributed by atoms with Crippen molar-refractivity contribution >= 4 is 23.2 Å². The lowest BCUT2D eigenvalue weighted by atomic mass is 10.1. The van der Waals surface area contributed by atoms with Crippen molar-refractivity contribution < 1.29 is 9.59 Å². The minimum Gasteiger partial charge on any atom is -0.273 e. The average molecular weight is 360 g/mol. The van der Waals surface area contributed by atoms with E-state index < -0.39 is 11.8 Å². The molecule has 0 saturated carbocycles. The predicted octanol–water partition coefficient (Wildman–Crippen LogP) is 2.31. The van der Waals surface area contributed by atoms with Gasteiger partial charge in [-0.15, -0.1) is 0 Å². The summed E-state index contributed by atoms with van der Waals surface area (Å²) < 4.78 is 0. The monoisotopic (exact) mass is 360 g/mol. The lowest BCUT2D eigenvalue weighted by Crippen LogP contribution is -2.28. The molecule has 4 rings (SSSR count). The Morgan fingerprint density at radius 2 is 1.15 bits per heavy atom. The third-order valence-electron chi connectivity index (χ3n) is 4.87. The predicted molar refractivity (Wildman–Crippen MR) is 104 cm³/mol. The Labute approximate surface area is 157 Å². The van der Waals surface area contributed by atoms with Crippen molar-refractivity contribution in [3.05, 3.63) is 70.8 Å². The zero-order chi connectivity index (χ0) is 18.6. The number of fused-ring (bicyclic) bond motifs is 2. The van der Waals surface area contributed by atoms with E-state index in [0.29, 0.717) is 0 Å². The number of hydrogen-bond donors (Lipinski definition) is 2. The zero-order valence-corrected chi connectivity index (χ0v) is 14.9. The van der Waals surface area contributed by atoms with Gasteiger partial charge in [0.25, 0.3) is 0 Å². The van der Waals surface area contributed by atoms with Crippen molar-refractivity contribution in [2.45, 2.75) is 32.1 Å². The molecule has 6 nitrogen and oxygen atoms in total. The van der Waals surface area contributed by atoms with Crippen LogP contribution in [0, 0.1) is 0 Å². The summed E-state index contributed by atoms with van der Waals surface area (Å²) in [6.07, 6.45) is 3.11. The van der Waals surface area contributed by atoms with Gasteiger partial charge in [-0.3, -0.25) is 9.59 Å². The maximum atomic E-state index is 12.0. The first-order chi connectivity index (χ1) is 13.2. The van der Waals surface area contributed by atoms with Crippen LogP contribution >= 0.6 is 0 Å². The molecule has 0 saturated heterocycles. The molecule has 2 aliphatic rings. The normalized spacial score (nSPS) is 17.6. The molecule has 0 spiro atoms. The van der Waals surface area contributed by atoms with Gasteiger partial charge in [0, 0.05) is 11.1 Å². The topological polar surface area (TPSA) is 82.9 Å². The Morgan fingerprint density at radius 3 is 1.63 bits per heavy atom. The van der Waals surface area contributed by atoms with Crippen molar-refractivity contribution in [3.63, 3.8) is 0 Å². The number of carbonyl (C=O) groups excluding carboxylic acids is 2. The van der Waals surface area contributed by atoms with Crippen LogP contribution in [0.1, 0.15) is 41.5 Å². The SMILES string of the molecule is O=C(CC(=O)N/N=C1\CCc2ccccc21)N/N=C1\CCc2ccccc21. The van der Waals surface area contributed by atoms with E-state index in [4.69, 9.17) is 0 Å². The smallest absolute Gasteiger partial charge is 0.249 e. The van der Waals surface area contributed by atoms with Crippen LogP contribution in [-0.4, -0.2) is 23.2 Å². The second-order valence-corrected chi connectivity index (χ2v) is 6.68. The number of benzene rings is 2. The molecule has 6 heteroatoms. The summed E-state index contributed by atoms with van der Waals surface area (Å²) in [6, 6.07) is 16.0. The van der Waals surface area contributed by atoms with Crippen LogP contribution in [0.4, 0.5) is 0 Å². The minimum absolute atomic E-state index is 0.309. The molecule has 0 heterocycles. The van der Waals surface area contributed by atoms with Crippen LogP contribution in [0.5, 0.6) is 0 Å². The Hall–Kier alpha value is -3.28. The largest absolute Gasteiger partial charge is 0.273 e. The quantitative estimate of drug-likeness (QED) is 0.648. The molecule has 0 atom stereocenters. The summed E-state index contributed by atoms with van der Waals surface area (Å²) in [5.41, 5.74) is 11.2. The highest BCUT2D eigenvalue weighted by molar-refractivity contribution is 6.06. The van der Waals surface area contributed by atoms with Gasteiger partial charge in [0.2, 0.25) is 11.8 Å². The average Bonchev–Trinajstić information content (AvgIpc) is 3.29. The van der Waals surface area contributed by atoms with Gasteiger partial charge in [0.15, 0.2) is 0 Å². The fourth-order valence-electron chi connectivity index (χ4n) is 3.53. The van der Waals surface area contributed by atoms with Crippen LogP contribution in [0.15, 0.2) is 58.7 Å². The van der Waals surface area contributed by atoms with E-state index in [-0.39, 0.29) is 6.42 Å². The first-order valence-corrected chi connectivity index (χ1v) is 9.08. The molecule has 0 aliphatic heterocycles. The van der Waals surface area contributed by atoms with E-state index in [9.17, 15) is 9.59 Å². The van der Waals surface area contributed by atoms with Gasteiger partial charge < -0.3 is 0 Å². The summed E-state index contributed by atoms with van der Waals surface area (Å²) in [5.74, 6) is -0.896. The van der Waals surface area contributed by atoms with Crippen LogP contribution in [0.2, 0.25) is 0 Å². The molecule has 0 bridgehead atoms. The molecular formula is C21H20N4O2. The summed E-state index contributed by atoms with van der Waals surface area (Å²) in [4.78, 5) is 24.0.